The lowest BCUT2D eigenvalue weighted by Gasteiger charge is -2.36. The number of methoxy groups -OCH3 is 1. The van der Waals surface area contributed by atoms with Gasteiger partial charge >= 0.3 is 8.56 Å². The predicted molar refractivity (Wildman–Crippen MR) is 207 cm³/mol. The van der Waals surface area contributed by atoms with E-state index in [4.69, 9.17) is 13.6 Å². The summed E-state index contributed by atoms with van der Waals surface area (Å²) in [6, 6.07) is 38.9. The van der Waals surface area contributed by atoms with Crippen molar-refractivity contribution in [2.24, 2.45) is 5.41 Å². The van der Waals surface area contributed by atoms with E-state index < -0.39 is 8.56 Å². The fourth-order valence-electron chi connectivity index (χ4n) is 8.33. The third-order valence-corrected chi connectivity index (χ3v) is 15.0. The van der Waals surface area contributed by atoms with E-state index in [1.165, 1.54) is 75.1 Å². The molecule has 0 saturated heterocycles. The molecule has 0 aromatic heterocycles. The molecular weight excluding hydrogens is 605 g/mol. The van der Waals surface area contributed by atoms with Gasteiger partial charge in [0.15, 0.2) is 0 Å². The second-order valence-corrected chi connectivity index (χ2v) is 18.0. The lowest BCUT2D eigenvalue weighted by molar-refractivity contribution is 0.0252. The van der Waals surface area contributed by atoms with E-state index in [9.17, 15) is 0 Å². The molecule has 2 atom stereocenters. The zero-order chi connectivity index (χ0) is 33.0. The topological polar surface area (TPSA) is 27.7 Å². The molecule has 0 amide bonds. The highest BCUT2D eigenvalue weighted by atomic mass is 28.4. The number of hydrogen-bond acceptors (Lipinski definition) is 3. The molecule has 0 heterocycles. The minimum atomic E-state index is -2.11. The van der Waals surface area contributed by atoms with Crippen molar-refractivity contribution in [2.75, 3.05) is 21.3 Å². The van der Waals surface area contributed by atoms with Gasteiger partial charge in [-0.3, -0.25) is 0 Å². The Morgan fingerprint density at radius 3 is 1.44 bits per heavy atom. The zero-order valence-electron chi connectivity index (χ0n) is 28.7. The van der Waals surface area contributed by atoms with Gasteiger partial charge in [0.2, 0.25) is 0 Å². The average Bonchev–Trinajstić information content (AvgIpc) is 3.10. The van der Waals surface area contributed by atoms with Crippen LogP contribution in [-0.4, -0.2) is 36.0 Å². The van der Waals surface area contributed by atoms with Gasteiger partial charge in [0.25, 0.3) is 0 Å². The van der Waals surface area contributed by atoms with Crippen LogP contribution in [0.3, 0.4) is 0 Å². The Hall–Kier alpha value is -4.06. The van der Waals surface area contributed by atoms with Gasteiger partial charge in [-0.2, -0.15) is 0 Å². The van der Waals surface area contributed by atoms with E-state index in [0.717, 1.165) is 31.4 Å². The van der Waals surface area contributed by atoms with Gasteiger partial charge in [0.1, 0.15) is 0 Å². The minimum absolute atomic E-state index is 0.0729. The van der Waals surface area contributed by atoms with Crippen LogP contribution in [0.1, 0.15) is 33.1 Å². The molecule has 3 nitrogen and oxygen atoms in total. The van der Waals surface area contributed by atoms with Crippen molar-refractivity contribution >= 4 is 85.3 Å². The molecule has 1 aliphatic carbocycles. The zero-order valence-corrected chi connectivity index (χ0v) is 29.7. The highest BCUT2D eigenvalue weighted by Crippen LogP contribution is 2.37. The van der Waals surface area contributed by atoms with Crippen LogP contribution in [0.2, 0.25) is 12.1 Å². The second kappa shape index (κ2) is 12.1. The molecule has 7 aromatic carbocycles. The van der Waals surface area contributed by atoms with Crippen molar-refractivity contribution in [3.63, 3.8) is 0 Å². The maximum absolute atomic E-state index is 6.17. The third kappa shape index (κ3) is 5.41. The Morgan fingerprint density at radius 2 is 1.02 bits per heavy atom. The second-order valence-electron chi connectivity index (χ2n) is 14.2. The molecule has 1 aliphatic rings. The standard InChI is InChI=1S/C44H44O3Si/c1-6-48(46-4,47-5)15-9-12-43(45-3)44(2)14-13-31-18-34-21-37-24-38-22-35-19-32-16-29-10-7-8-11-30(29)17-33(32)20-36(35)23-39(38)25-40(37)26-41(34)27-42(31)28-44/h7-8,10-11,13,16-28,43H,6,9,12,14-15H2,1-5H3. The van der Waals surface area contributed by atoms with E-state index in [1.54, 1.807) is 14.2 Å². The molecule has 8 rings (SSSR count). The molecule has 2 unspecified atom stereocenters. The van der Waals surface area contributed by atoms with Crippen molar-refractivity contribution in [1.82, 2.24) is 0 Å². The molecule has 0 bridgehead atoms. The Bertz CT molecular complexity index is 2490. The molecule has 48 heavy (non-hydrogen) atoms. The van der Waals surface area contributed by atoms with Crippen molar-refractivity contribution in [1.29, 1.82) is 0 Å². The van der Waals surface area contributed by atoms with E-state index in [0.29, 0.717) is 0 Å². The van der Waals surface area contributed by atoms with Crippen LogP contribution in [0, 0.1) is 5.41 Å². The Morgan fingerprint density at radius 1 is 0.604 bits per heavy atom. The largest absolute Gasteiger partial charge is 0.398 e. The van der Waals surface area contributed by atoms with Crippen LogP contribution in [-0.2, 0) is 13.6 Å². The third-order valence-electron chi connectivity index (χ3n) is 11.3. The van der Waals surface area contributed by atoms with Crippen molar-refractivity contribution in [2.45, 2.75) is 51.3 Å². The first kappa shape index (κ1) is 31.2. The fourth-order valence-corrected chi connectivity index (χ4v) is 10.6. The van der Waals surface area contributed by atoms with Crippen LogP contribution in [0.15, 0.2) is 97.1 Å². The molecule has 0 saturated carbocycles. The molecule has 0 aliphatic heterocycles. The first-order chi connectivity index (χ1) is 23.3. The molecule has 0 radical (unpaired) electrons. The van der Waals surface area contributed by atoms with Gasteiger partial charge in [0, 0.05) is 26.7 Å². The van der Waals surface area contributed by atoms with E-state index >= 15 is 0 Å². The minimum Gasteiger partial charge on any atom is -0.398 e. The SMILES string of the molecule is CC[Si](CCCC(OC)C1(C)C=c2cc3cc4cc5cc6cc7cc8ccccc8cc7cc6cc5cc4cc3cc2=CC1)(OC)OC. The maximum Gasteiger partial charge on any atom is 0.337 e. The Kier molecular flexibility index (Phi) is 7.88. The molecule has 0 N–H and O–H groups in total. The number of rotatable bonds is 9. The van der Waals surface area contributed by atoms with E-state index in [1.807, 2.05) is 7.11 Å². The van der Waals surface area contributed by atoms with Gasteiger partial charge in [-0.15, -0.1) is 0 Å². The monoisotopic (exact) mass is 648 g/mol. The average molecular weight is 649 g/mol. The highest BCUT2D eigenvalue weighted by Gasteiger charge is 2.36. The predicted octanol–water partition coefficient (Wildman–Crippen LogP) is 10.1. The molecular formula is C44H44O3Si. The maximum atomic E-state index is 6.17. The van der Waals surface area contributed by atoms with Gasteiger partial charge in [0.05, 0.1) is 6.10 Å². The normalized spacial score (nSPS) is 17.3. The summed E-state index contributed by atoms with van der Waals surface area (Å²) >= 11 is 0. The van der Waals surface area contributed by atoms with Gasteiger partial charge in [-0.05, 0) is 179 Å². The van der Waals surface area contributed by atoms with Crippen LogP contribution >= 0.6 is 0 Å². The quantitative estimate of drug-likeness (QED) is 0.115. The number of ether oxygens (including phenoxy) is 1. The summed E-state index contributed by atoms with van der Waals surface area (Å²) in [7, 11) is 3.36. The van der Waals surface area contributed by atoms with Crippen LogP contribution in [0.5, 0.6) is 0 Å². The molecule has 0 fully saturated rings. The lowest BCUT2D eigenvalue weighted by Crippen LogP contribution is -2.41. The molecule has 242 valence electrons. The number of fused-ring (bicyclic) bond motifs is 7. The summed E-state index contributed by atoms with van der Waals surface area (Å²) in [6.07, 6.45) is 8.00. The fraction of sp³-hybridized carbons (Fsp3) is 0.273. The van der Waals surface area contributed by atoms with Crippen LogP contribution < -0.4 is 10.4 Å². The van der Waals surface area contributed by atoms with Crippen molar-refractivity contribution in [3.8, 4) is 0 Å². The summed E-state index contributed by atoms with van der Waals surface area (Å²) in [4.78, 5) is 0. The summed E-state index contributed by atoms with van der Waals surface area (Å²) in [5.74, 6) is 0. The van der Waals surface area contributed by atoms with Crippen molar-refractivity contribution in [3.05, 3.63) is 107 Å². The first-order valence-electron chi connectivity index (χ1n) is 17.4. The van der Waals surface area contributed by atoms with Crippen molar-refractivity contribution < 1.29 is 13.6 Å². The van der Waals surface area contributed by atoms with Crippen LogP contribution in [0.4, 0.5) is 0 Å². The van der Waals surface area contributed by atoms with E-state index in [-0.39, 0.29) is 11.5 Å². The van der Waals surface area contributed by atoms with E-state index in [2.05, 4.69) is 123 Å². The lowest BCUT2D eigenvalue weighted by atomic mass is 9.75. The van der Waals surface area contributed by atoms with Crippen LogP contribution in [0.25, 0.3) is 76.8 Å². The number of hydrogen-bond donors (Lipinski definition) is 0. The van der Waals surface area contributed by atoms with Gasteiger partial charge in [-0.25, -0.2) is 0 Å². The van der Waals surface area contributed by atoms with Gasteiger partial charge < -0.3 is 13.6 Å². The molecule has 7 aromatic rings. The summed E-state index contributed by atoms with van der Waals surface area (Å²) in [5, 5.41) is 18.0. The summed E-state index contributed by atoms with van der Waals surface area (Å²) in [6.45, 7) is 4.53. The summed E-state index contributed by atoms with van der Waals surface area (Å²) in [5.41, 5.74) is -0.0729. The highest BCUT2D eigenvalue weighted by molar-refractivity contribution is 6.67. The first-order valence-corrected chi connectivity index (χ1v) is 19.6. The Labute approximate surface area is 283 Å². The van der Waals surface area contributed by atoms with Gasteiger partial charge in [-0.1, -0.05) is 50.3 Å². The Balaban J connectivity index is 1.16. The summed E-state index contributed by atoms with van der Waals surface area (Å²) < 4.78 is 17.9. The molecule has 4 heteroatoms. The number of benzene rings is 7. The smallest absolute Gasteiger partial charge is 0.337 e. The molecule has 0 spiro atoms.